The quantitative estimate of drug-likeness (QED) is 0.396. The highest BCUT2D eigenvalue weighted by atomic mass is 32.2. The van der Waals surface area contributed by atoms with E-state index < -0.39 is 17.6 Å². The van der Waals surface area contributed by atoms with E-state index in [-0.39, 0.29) is 22.2 Å². The molecule has 1 aromatic carbocycles. The van der Waals surface area contributed by atoms with E-state index in [2.05, 4.69) is 5.32 Å². The molecule has 19 heavy (non-hydrogen) atoms. The molecule has 0 saturated heterocycles. The van der Waals surface area contributed by atoms with Crippen LogP contribution in [0.2, 0.25) is 0 Å². The third kappa shape index (κ3) is 4.19. The van der Waals surface area contributed by atoms with Crippen LogP contribution in [0.25, 0.3) is 0 Å². The van der Waals surface area contributed by atoms with E-state index in [4.69, 9.17) is 5.11 Å². The van der Waals surface area contributed by atoms with Crippen molar-refractivity contribution in [1.82, 2.24) is 5.32 Å². The fourth-order valence-corrected chi connectivity index (χ4v) is 2.28. The number of carbonyl (C=O) groups is 1. The Balaban J connectivity index is 3.01. The summed E-state index contributed by atoms with van der Waals surface area (Å²) in [6, 6.07) is 4.01. The minimum absolute atomic E-state index is 0.106. The largest absolute Gasteiger partial charge is 0.394 e. The van der Waals surface area contributed by atoms with Gasteiger partial charge in [0.05, 0.1) is 22.5 Å². The second kappa shape index (κ2) is 7.07. The van der Waals surface area contributed by atoms with Gasteiger partial charge < -0.3 is 15.5 Å². The molecule has 0 aromatic heterocycles. The molecule has 0 heterocycles. The summed E-state index contributed by atoms with van der Waals surface area (Å²) in [7, 11) is 1.46. The normalized spacial score (nSPS) is 11.9. The van der Waals surface area contributed by atoms with Gasteiger partial charge >= 0.3 is 0 Å². The highest BCUT2D eigenvalue weighted by Gasteiger charge is 2.17. The number of carbonyl (C=O) groups excluding carboxylic acids is 1. The van der Waals surface area contributed by atoms with Gasteiger partial charge in [-0.3, -0.25) is 14.9 Å². The molecule has 8 heteroatoms. The summed E-state index contributed by atoms with van der Waals surface area (Å²) in [4.78, 5) is 22.1. The van der Waals surface area contributed by atoms with Gasteiger partial charge in [-0.25, -0.2) is 0 Å². The van der Waals surface area contributed by atoms with Gasteiger partial charge in [0, 0.05) is 24.4 Å². The molecule has 0 aliphatic carbocycles. The molecule has 1 aromatic rings. The molecular weight excluding hydrogens is 272 g/mol. The SMILES string of the molecule is CNC(=O)c1ccc([N+](=O)[O-])c(SCC(O)CO)c1. The highest BCUT2D eigenvalue weighted by molar-refractivity contribution is 7.99. The molecule has 1 unspecified atom stereocenters. The molecular formula is C11H14N2O5S. The van der Waals surface area contributed by atoms with Gasteiger partial charge in [-0.2, -0.15) is 0 Å². The summed E-state index contributed by atoms with van der Waals surface area (Å²) in [6.45, 7) is -0.421. The summed E-state index contributed by atoms with van der Waals surface area (Å²) in [5.41, 5.74) is 0.164. The molecule has 1 atom stereocenters. The van der Waals surface area contributed by atoms with Gasteiger partial charge in [-0.05, 0) is 12.1 Å². The zero-order valence-corrected chi connectivity index (χ0v) is 11.0. The molecule has 1 rings (SSSR count). The maximum atomic E-state index is 11.5. The first kappa shape index (κ1) is 15.4. The van der Waals surface area contributed by atoms with E-state index in [0.717, 1.165) is 11.8 Å². The molecule has 0 aliphatic rings. The van der Waals surface area contributed by atoms with Gasteiger partial charge in [0.25, 0.3) is 11.6 Å². The van der Waals surface area contributed by atoms with Gasteiger partial charge in [-0.15, -0.1) is 11.8 Å². The zero-order chi connectivity index (χ0) is 14.4. The minimum atomic E-state index is -0.965. The lowest BCUT2D eigenvalue weighted by Crippen LogP contribution is -2.18. The average molecular weight is 286 g/mol. The van der Waals surface area contributed by atoms with Crippen molar-refractivity contribution >= 4 is 23.4 Å². The number of hydrogen-bond acceptors (Lipinski definition) is 6. The van der Waals surface area contributed by atoms with Gasteiger partial charge in [-0.1, -0.05) is 0 Å². The molecule has 3 N–H and O–H groups in total. The van der Waals surface area contributed by atoms with E-state index >= 15 is 0 Å². The number of nitrogens with zero attached hydrogens (tertiary/aromatic N) is 1. The van der Waals surface area contributed by atoms with Crippen LogP contribution in [-0.2, 0) is 0 Å². The fraction of sp³-hybridized carbons (Fsp3) is 0.364. The molecule has 0 spiro atoms. The van der Waals surface area contributed by atoms with Gasteiger partial charge in [0.15, 0.2) is 0 Å². The van der Waals surface area contributed by atoms with Crippen molar-refractivity contribution in [3.63, 3.8) is 0 Å². The van der Waals surface area contributed by atoms with Crippen LogP contribution >= 0.6 is 11.8 Å². The molecule has 0 radical (unpaired) electrons. The molecule has 0 saturated carbocycles. The van der Waals surface area contributed by atoms with Crippen molar-refractivity contribution in [2.24, 2.45) is 0 Å². The third-order valence-corrected chi connectivity index (χ3v) is 3.48. The lowest BCUT2D eigenvalue weighted by atomic mass is 10.2. The number of benzene rings is 1. The molecule has 104 valence electrons. The molecule has 0 aliphatic heterocycles. The summed E-state index contributed by atoms with van der Waals surface area (Å²) in [5, 5.41) is 31.3. The molecule has 1 amide bonds. The van der Waals surface area contributed by atoms with E-state index in [9.17, 15) is 20.0 Å². The lowest BCUT2D eigenvalue weighted by molar-refractivity contribution is -0.387. The Labute approximate surface area is 113 Å². The number of amides is 1. The number of aliphatic hydroxyl groups excluding tert-OH is 2. The first-order valence-electron chi connectivity index (χ1n) is 5.41. The van der Waals surface area contributed by atoms with E-state index in [1.165, 1.54) is 25.2 Å². The Morgan fingerprint density at radius 3 is 2.79 bits per heavy atom. The van der Waals surface area contributed by atoms with Crippen LogP contribution in [0.3, 0.4) is 0 Å². The smallest absolute Gasteiger partial charge is 0.282 e. The minimum Gasteiger partial charge on any atom is -0.394 e. The Kier molecular flexibility index (Phi) is 5.74. The number of hydrogen-bond donors (Lipinski definition) is 3. The first-order valence-corrected chi connectivity index (χ1v) is 6.40. The van der Waals surface area contributed by atoms with Gasteiger partial charge in [0.2, 0.25) is 0 Å². The topological polar surface area (TPSA) is 113 Å². The average Bonchev–Trinajstić information content (AvgIpc) is 2.43. The van der Waals surface area contributed by atoms with Crippen molar-refractivity contribution in [2.75, 3.05) is 19.4 Å². The Morgan fingerprint density at radius 1 is 1.58 bits per heavy atom. The van der Waals surface area contributed by atoms with Crippen LogP contribution in [-0.4, -0.2) is 46.6 Å². The van der Waals surface area contributed by atoms with E-state index in [0.29, 0.717) is 5.56 Å². The first-order chi connectivity index (χ1) is 8.99. The second-order valence-electron chi connectivity index (χ2n) is 3.67. The van der Waals surface area contributed by atoms with Crippen LogP contribution in [0.1, 0.15) is 10.4 Å². The Bertz CT molecular complexity index is 480. The summed E-state index contributed by atoms with van der Waals surface area (Å²) >= 11 is 1.02. The molecule has 0 fully saturated rings. The number of rotatable bonds is 6. The van der Waals surface area contributed by atoms with E-state index in [1.54, 1.807) is 0 Å². The van der Waals surface area contributed by atoms with Crippen LogP contribution in [0, 0.1) is 10.1 Å². The fourth-order valence-electron chi connectivity index (χ4n) is 1.30. The van der Waals surface area contributed by atoms with Gasteiger partial charge in [0.1, 0.15) is 0 Å². The van der Waals surface area contributed by atoms with Crippen molar-refractivity contribution in [3.05, 3.63) is 33.9 Å². The van der Waals surface area contributed by atoms with Crippen LogP contribution in [0.4, 0.5) is 5.69 Å². The van der Waals surface area contributed by atoms with Crippen LogP contribution in [0.15, 0.2) is 23.1 Å². The van der Waals surface area contributed by atoms with Crippen molar-refractivity contribution in [2.45, 2.75) is 11.0 Å². The molecule has 7 nitrogen and oxygen atoms in total. The number of aliphatic hydroxyl groups is 2. The second-order valence-corrected chi connectivity index (χ2v) is 4.73. The van der Waals surface area contributed by atoms with Crippen LogP contribution < -0.4 is 5.32 Å². The summed E-state index contributed by atoms with van der Waals surface area (Å²) in [5.74, 6) is -0.242. The third-order valence-electron chi connectivity index (χ3n) is 2.29. The number of thioether (sulfide) groups is 1. The predicted molar refractivity (Wildman–Crippen MR) is 70.3 cm³/mol. The van der Waals surface area contributed by atoms with E-state index in [1.807, 2.05) is 0 Å². The summed E-state index contributed by atoms with van der Waals surface area (Å²) in [6.07, 6.45) is -0.965. The summed E-state index contributed by atoms with van der Waals surface area (Å²) < 4.78 is 0. The maximum absolute atomic E-state index is 11.5. The number of nitro benzene ring substituents is 1. The zero-order valence-electron chi connectivity index (χ0n) is 10.2. The molecule has 0 bridgehead atoms. The van der Waals surface area contributed by atoms with Crippen molar-refractivity contribution < 1.29 is 19.9 Å². The number of nitrogens with one attached hydrogen (secondary N) is 1. The Hall–Kier alpha value is -1.64. The van der Waals surface area contributed by atoms with Crippen molar-refractivity contribution in [3.8, 4) is 0 Å². The predicted octanol–water partition coefficient (Wildman–Crippen LogP) is 0.400. The maximum Gasteiger partial charge on any atom is 0.282 e. The monoisotopic (exact) mass is 286 g/mol. The van der Waals surface area contributed by atoms with Crippen molar-refractivity contribution in [1.29, 1.82) is 0 Å². The number of nitro groups is 1. The standard InChI is InChI=1S/C11H14N2O5S/c1-12-11(16)7-2-3-9(13(17)18)10(4-7)19-6-8(15)5-14/h2-4,8,14-15H,5-6H2,1H3,(H,12,16). The lowest BCUT2D eigenvalue weighted by Gasteiger charge is -2.08. The Morgan fingerprint density at radius 2 is 2.26 bits per heavy atom. The van der Waals surface area contributed by atoms with Crippen LogP contribution in [0.5, 0.6) is 0 Å². The highest BCUT2D eigenvalue weighted by Crippen LogP contribution is 2.30.